The molecule has 1 aromatic heterocycles. The summed E-state index contributed by atoms with van der Waals surface area (Å²) in [7, 11) is 0. The summed E-state index contributed by atoms with van der Waals surface area (Å²) in [5, 5.41) is 0. The summed E-state index contributed by atoms with van der Waals surface area (Å²) in [6.45, 7) is 12.6. The first-order chi connectivity index (χ1) is 11.4. The fourth-order valence-electron chi connectivity index (χ4n) is 2.32. The number of amides is 1. The summed E-state index contributed by atoms with van der Waals surface area (Å²) in [5.74, 6) is 0. The van der Waals surface area contributed by atoms with Gasteiger partial charge in [0.1, 0.15) is 5.60 Å². The first-order valence-corrected chi connectivity index (χ1v) is 8.82. The summed E-state index contributed by atoms with van der Waals surface area (Å²) in [6.07, 6.45) is 10.2. The minimum Gasteiger partial charge on any atom is -0.444 e. The van der Waals surface area contributed by atoms with Crippen LogP contribution in [-0.4, -0.2) is 64.2 Å². The van der Waals surface area contributed by atoms with E-state index in [1.165, 1.54) is 19.3 Å². The van der Waals surface area contributed by atoms with Crippen LogP contribution in [0.4, 0.5) is 4.79 Å². The minimum absolute atomic E-state index is 0.171. The molecule has 1 amide bonds. The van der Waals surface area contributed by atoms with Crippen LogP contribution in [0.1, 0.15) is 47.0 Å². The molecule has 2 heterocycles. The molecule has 0 aliphatic carbocycles. The molecule has 1 saturated heterocycles. The van der Waals surface area contributed by atoms with Crippen LogP contribution in [0.3, 0.4) is 0 Å². The van der Waals surface area contributed by atoms with E-state index in [1.807, 2.05) is 25.7 Å². The van der Waals surface area contributed by atoms with Crippen LogP contribution in [0.5, 0.6) is 0 Å². The van der Waals surface area contributed by atoms with Gasteiger partial charge in [0, 0.05) is 51.0 Å². The van der Waals surface area contributed by atoms with Crippen LogP contribution in [0.2, 0.25) is 0 Å². The smallest absolute Gasteiger partial charge is 0.410 e. The zero-order chi connectivity index (χ0) is 17.8. The second-order valence-electron chi connectivity index (χ2n) is 6.91. The van der Waals surface area contributed by atoms with Crippen LogP contribution in [0.15, 0.2) is 24.8 Å². The maximum absolute atomic E-state index is 11.9. The number of hydrogen-bond donors (Lipinski definition) is 0. The molecular weight excluding hydrogens is 304 g/mol. The van der Waals surface area contributed by atoms with E-state index < -0.39 is 5.60 Å². The van der Waals surface area contributed by atoms with Crippen molar-refractivity contribution >= 4 is 6.09 Å². The van der Waals surface area contributed by atoms with Gasteiger partial charge < -0.3 is 9.64 Å². The van der Waals surface area contributed by atoms with Gasteiger partial charge in [0.25, 0.3) is 0 Å². The van der Waals surface area contributed by atoms with E-state index in [2.05, 4.69) is 21.8 Å². The van der Waals surface area contributed by atoms with Crippen LogP contribution < -0.4 is 0 Å². The zero-order valence-corrected chi connectivity index (χ0v) is 15.6. The number of carbonyl (C=O) groups excluding carboxylic acids is 1. The SMILES string of the molecule is CCCCCN1CCN(C(=O)OC(C)(C)C)CC1.c1cnccn1. The van der Waals surface area contributed by atoms with E-state index in [9.17, 15) is 4.79 Å². The molecule has 1 aromatic rings. The van der Waals surface area contributed by atoms with Crippen molar-refractivity contribution in [1.82, 2.24) is 19.8 Å². The number of nitrogens with zero attached hydrogens (tertiary/aromatic N) is 4. The number of ether oxygens (including phenoxy) is 1. The van der Waals surface area contributed by atoms with Gasteiger partial charge in [0.15, 0.2) is 0 Å². The Morgan fingerprint density at radius 3 is 1.96 bits per heavy atom. The number of carbonyl (C=O) groups is 1. The van der Waals surface area contributed by atoms with Crippen molar-refractivity contribution in [2.45, 2.75) is 52.6 Å². The van der Waals surface area contributed by atoms with Gasteiger partial charge in [-0.1, -0.05) is 19.8 Å². The second-order valence-corrected chi connectivity index (χ2v) is 6.91. The fraction of sp³-hybridized carbons (Fsp3) is 0.722. The lowest BCUT2D eigenvalue weighted by atomic mass is 10.2. The Morgan fingerprint density at radius 2 is 1.54 bits per heavy atom. The standard InChI is InChI=1S/C14H28N2O2.C4H4N2/c1-5-6-7-8-15-9-11-16(12-10-15)13(17)18-14(2,3)4;1-2-6-4-3-5-1/h5-12H2,1-4H3;1-4H. The van der Waals surface area contributed by atoms with Gasteiger partial charge in [-0.05, 0) is 33.7 Å². The van der Waals surface area contributed by atoms with Crippen LogP contribution in [-0.2, 0) is 4.74 Å². The Balaban J connectivity index is 0.000000400. The molecule has 24 heavy (non-hydrogen) atoms. The quantitative estimate of drug-likeness (QED) is 0.790. The first kappa shape index (κ1) is 20.4. The van der Waals surface area contributed by atoms with Gasteiger partial charge in [0.05, 0.1) is 0 Å². The minimum atomic E-state index is -0.394. The highest BCUT2D eigenvalue weighted by molar-refractivity contribution is 5.68. The average molecular weight is 336 g/mol. The van der Waals surface area contributed by atoms with E-state index in [-0.39, 0.29) is 6.09 Å². The van der Waals surface area contributed by atoms with Gasteiger partial charge >= 0.3 is 6.09 Å². The Labute approximate surface area is 146 Å². The molecule has 0 spiro atoms. The topological polar surface area (TPSA) is 58.6 Å². The molecule has 136 valence electrons. The molecule has 0 aromatic carbocycles. The molecule has 1 aliphatic rings. The van der Waals surface area contributed by atoms with Crippen molar-refractivity contribution in [3.63, 3.8) is 0 Å². The van der Waals surface area contributed by atoms with Crippen molar-refractivity contribution < 1.29 is 9.53 Å². The van der Waals surface area contributed by atoms with Crippen molar-refractivity contribution in [2.24, 2.45) is 0 Å². The zero-order valence-electron chi connectivity index (χ0n) is 15.6. The number of hydrogen-bond acceptors (Lipinski definition) is 5. The van der Waals surface area contributed by atoms with Crippen LogP contribution >= 0.6 is 0 Å². The van der Waals surface area contributed by atoms with Gasteiger partial charge in [-0.3, -0.25) is 14.9 Å². The second kappa shape index (κ2) is 11.0. The summed E-state index contributed by atoms with van der Waals surface area (Å²) < 4.78 is 5.38. The van der Waals surface area contributed by atoms with Gasteiger partial charge in [-0.15, -0.1) is 0 Å². The van der Waals surface area contributed by atoms with Crippen molar-refractivity contribution in [1.29, 1.82) is 0 Å². The van der Waals surface area contributed by atoms with Crippen molar-refractivity contribution in [3.8, 4) is 0 Å². The molecule has 0 radical (unpaired) electrons. The van der Waals surface area contributed by atoms with E-state index in [4.69, 9.17) is 4.74 Å². The largest absolute Gasteiger partial charge is 0.444 e. The lowest BCUT2D eigenvalue weighted by molar-refractivity contribution is 0.0144. The van der Waals surface area contributed by atoms with E-state index in [1.54, 1.807) is 24.8 Å². The molecule has 2 rings (SSSR count). The van der Waals surface area contributed by atoms with Crippen molar-refractivity contribution in [2.75, 3.05) is 32.7 Å². The summed E-state index contributed by atoms with van der Waals surface area (Å²) in [6, 6.07) is 0. The van der Waals surface area contributed by atoms with Crippen molar-refractivity contribution in [3.05, 3.63) is 24.8 Å². The molecule has 1 aliphatic heterocycles. The number of unbranched alkanes of at least 4 members (excludes halogenated alkanes) is 2. The molecule has 0 bridgehead atoms. The Hall–Kier alpha value is -1.69. The molecule has 0 saturated carbocycles. The fourth-order valence-corrected chi connectivity index (χ4v) is 2.32. The monoisotopic (exact) mass is 336 g/mol. The number of piperazine rings is 1. The van der Waals surface area contributed by atoms with Gasteiger partial charge in [-0.2, -0.15) is 0 Å². The molecule has 0 N–H and O–H groups in total. The maximum atomic E-state index is 11.9. The highest BCUT2D eigenvalue weighted by Crippen LogP contribution is 2.12. The Kier molecular flexibility index (Phi) is 9.30. The molecular formula is C18H32N4O2. The summed E-state index contributed by atoms with van der Waals surface area (Å²) >= 11 is 0. The lowest BCUT2D eigenvalue weighted by Gasteiger charge is -2.35. The lowest BCUT2D eigenvalue weighted by Crippen LogP contribution is -2.50. The third kappa shape index (κ3) is 9.45. The highest BCUT2D eigenvalue weighted by Gasteiger charge is 2.25. The predicted octanol–water partition coefficient (Wildman–Crippen LogP) is 3.21. The predicted molar refractivity (Wildman–Crippen MR) is 95.8 cm³/mol. The third-order valence-electron chi connectivity index (χ3n) is 3.58. The third-order valence-corrected chi connectivity index (χ3v) is 3.58. The number of rotatable bonds is 4. The highest BCUT2D eigenvalue weighted by atomic mass is 16.6. The van der Waals surface area contributed by atoms with E-state index in [0.29, 0.717) is 0 Å². The number of aromatic nitrogens is 2. The average Bonchev–Trinajstić information content (AvgIpc) is 2.56. The van der Waals surface area contributed by atoms with E-state index in [0.717, 1.165) is 32.7 Å². The maximum Gasteiger partial charge on any atom is 0.410 e. The molecule has 6 heteroatoms. The van der Waals surface area contributed by atoms with E-state index >= 15 is 0 Å². The molecule has 6 nitrogen and oxygen atoms in total. The van der Waals surface area contributed by atoms with Crippen LogP contribution in [0, 0.1) is 0 Å². The Morgan fingerprint density at radius 1 is 1.00 bits per heavy atom. The normalized spacial score (nSPS) is 15.4. The summed E-state index contributed by atoms with van der Waals surface area (Å²) in [5.41, 5.74) is -0.394. The summed E-state index contributed by atoms with van der Waals surface area (Å²) in [4.78, 5) is 23.6. The molecule has 0 unspecified atom stereocenters. The van der Waals surface area contributed by atoms with Crippen LogP contribution in [0.25, 0.3) is 0 Å². The molecule has 0 atom stereocenters. The van der Waals surface area contributed by atoms with Gasteiger partial charge in [0.2, 0.25) is 0 Å². The first-order valence-electron chi connectivity index (χ1n) is 8.82. The molecule has 1 fully saturated rings. The Bertz CT molecular complexity index is 413. The van der Waals surface area contributed by atoms with Gasteiger partial charge in [-0.25, -0.2) is 4.79 Å².